The summed E-state index contributed by atoms with van der Waals surface area (Å²) >= 11 is 0. The standard InChI is InChI=1S/C6H10N4/c1-4-3-5(8-2)10-6(7)9-4/h3H,1-2H3,(H3,7,8,9,10). The first-order chi connectivity index (χ1) is 4.72. The summed E-state index contributed by atoms with van der Waals surface area (Å²) in [5, 5.41) is 2.88. The SMILES string of the molecule is CNc1cc(C)nc(N)n1. The summed E-state index contributed by atoms with van der Waals surface area (Å²) in [5.74, 6) is 1.06. The molecule has 0 saturated carbocycles. The van der Waals surface area contributed by atoms with Crippen molar-refractivity contribution in [3.63, 3.8) is 0 Å². The minimum Gasteiger partial charge on any atom is -0.373 e. The topological polar surface area (TPSA) is 63.8 Å². The number of nitrogens with one attached hydrogen (secondary N) is 1. The van der Waals surface area contributed by atoms with Gasteiger partial charge < -0.3 is 11.1 Å². The molecule has 1 heterocycles. The first kappa shape index (κ1) is 6.80. The van der Waals surface area contributed by atoms with E-state index in [-0.39, 0.29) is 0 Å². The van der Waals surface area contributed by atoms with Gasteiger partial charge in [-0.05, 0) is 6.92 Å². The van der Waals surface area contributed by atoms with Crippen molar-refractivity contribution in [2.45, 2.75) is 6.92 Å². The minimum atomic E-state index is 0.310. The molecule has 3 N–H and O–H groups in total. The summed E-state index contributed by atoms with van der Waals surface area (Å²) in [7, 11) is 1.79. The Kier molecular flexibility index (Phi) is 1.71. The van der Waals surface area contributed by atoms with Gasteiger partial charge in [-0.15, -0.1) is 0 Å². The molecular formula is C6H10N4. The fourth-order valence-corrected chi connectivity index (χ4v) is 0.720. The summed E-state index contributed by atoms with van der Waals surface area (Å²) in [4.78, 5) is 7.82. The highest BCUT2D eigenvalue weighted by atomic mass is 15.1. The van der Waals surface area contributed by atoms with Crippen LogP contribution in [0.5, 0.6) is 0 Å². The van der Waals surface area contributed by atoms with Gasteiger partial charge in [-0.2, -0.15) is 4.98 Å². The maximum atomic E-state index is 5.37. The third-order valence-electron chi connectivity index (χ3n) is 1.13. The van der Waals surface area contributed by atoms with Gasteiger partial charge in [-0.25, -0.2) is 4.98 Å². The lowest BCUT2D eigenvalue weighted by Crippen LogP contribution is -2.00. The van der Waals surface area contributed by atoms with Crippen LogP contribution in [0, 0.1) is 6.92 Å². The van der Waals surface area contributed by atoms with E-state index >= 15 is 0 Å². The van der Waals surface area contributed by atoms with Gasteiger partial charge in [0.25, 0.3) is 0 Å². The molecule has 0 spiro atoms. The van der Waals surface area contributed by atoms with Crippen LogP contribution in [-0.4, -0.2) is 17.0 Å². The van der Waals surface area contributed by atoms with Crippen molar-refractivity contribution in [1.82, 2.24) is 9.97 Å². The van der Waals surface area contributed by atoms with Crippen molar-refractivity contribution >= 4 is 11.8 Å². The summed E-state index contributed by atoms with van der Waals surface area (Å²) < 4.78 is 0. The van der Waals surface area contributed by atoms with Crippen LogP contribution in [0.4, 0.5) is 11.8 Å². The lowest BCUT2D eigenvalue weighted by atomic mass is 10.4. The highest BCUT2D eigenvalue weighted by molar-refractivity contribution is 5.39. The minimum absolute atomic E-state index is 0.310. The average molecular weight is 138 g/mol. The van der Waals surface area contributed by atoms with Crippen LogP contribution in [0.2, 0.25) is 0 Å². The molecule has 0 aromatic carbocycles. The second-order valence-corrected chi connectivity index (χ2v) is 2.00. The van der Waals surface area contributed by atoms with Crippen LogP contribution in [0.25, 0.3) is 0 Å². The number of rotatable bonds is 1. The van der Waals surface area contributed by atoms with Crippen LogP contribution in [0.15, 0.2) is 6.07 Å². The molecule has 0 aliphatic rings. The van der Waals surface area contributed by atoms with E-state index in [0.29, 0.717) is 5.95 Å². The maximum Gasteiger partial charge on any atom is 0.222 e. The van der Waals surface area contributed by atoms with Crippen molar-refractivity contribution < 1.29 is 0 Å². The number of aromatic nitrogens is 2. The molecule has 0 aliphatic carbocycles. The zero-order valence-electron chi connectivity index (χ0n) is 6.05. The predicted molar refractivity (Wildman–Crippen MR) is 40.7 cm³/mol. The van der Waals surface area contributed by atoms with Crippen molar-refractivity contribution in [2.75, 3.05) is 18.1 Å². The van der Waals surface area contributed by atoms with Crippen LogP contribution < -0.4 is 11.1 Å². The molecule has 1 aromatic rings. The zero-order valence-corrected chi connectivity index (χ0v) is 6.05. The Morgan fingerprint density at radius 3 is 2.70 bits per heavy atom. The first-order valence-corrected chi connectivity index (χ1v) is 3.01. The van der Waals surface area contributed by atoms with E-state index in [1.165, 1.54) is 0 Å². The Hall–Kier alpha value is -1.32. The second-order valence-electron chi connectivity index (χ2n) is 2.00. The van der Waals surface area contributed by atoms with Gasteiger partial charge in [0.1, 0.15) is 5.82 Å². The Morgan fingerprint density at radius 1 is 1.50 bits per heavy atom. The van der Waals surface area contributed by atoms with Crippen LogP contribution in [0.3, 0.4) is 0 Å². The van der Waals surface area contributed by atoms with Gasteiger partial charge >= 0.3 is 0 Å². The predicted octanol–water partition coefficient (Wildman–Crippen LogP) is 0.409. The largest absolute Gasteiger partial charge is 0.373 e. The fraction of sp³-hybridized carbons (Fsp3) is 0.333. The van der Waals surface area contributed by atoms with E-state index in [2.05, 4.69) is 15.3 Å². The number of hydrogen-bond donors (Lipinski definition) is 2. The molecule has 4 heteroatoms. The van der Waals surface area contributed by atoms with Crippen LogP contribution >= 0.6 is 0 Å². The quantitative estimate of drug-likeness (QED) is 0.590. The molecule has 0 saturated heterocycles. The normalized spacial score (nSPS) is 9.40. The summed E-state index contributed by atoms with van der Waals surface area (Å²) in [6, 6.07) is 1.83. The Bertz CT molecular complexity index is 213. The molecule has 4 nitrogen and oxygen atoms in total. The molecule has 0 bridgehead atoms. The number of nitrogens with two attached hydrogens (primary N) is 1. The van der Waals surface area contributed by atoms with Gasteiger partial charge in [0.15, 0.2) is 0 Å². The third-order valence-corrected chi connectivity index (χ3v) is 1.13. The lowest BCUT2D eigenvalue weighted by Gasteiger charge is -1.99. The molecular weight excluding hydrogens is 128 g/mol. The van der Waals surface area contributed by atoms with Crippen LogP contribution in [0.1, 0.15) is 5.69 Å². The molecule has 0 fully saturated rings. The Balaban J connectivity index is 3.06. The van der Waals surface area contributed by atoms with Crippen molar-refractivity contribution in [2.24, 2.45) is 0 Å². The first-order valence-electron chi connectivity index (χ1n) is 3.01. The van der Waals surface area contributed by atoms with E-state index in [9.17, 15) is 0 Å². The van der Waals surface area contributed by atoms with Crippen molar-refractivity contribution in [1.29, 1.82) is 0 Å². The number of anilines is 2. The van der Waals surface area contributed by atoms with Crippen molar-refractivity contribution in [3.8, 4) is 0 Å². The summed E-state index contributed by atoms with van der Waals surface area (Å²) in [5.41, 5.74) is 6.24. The van der Waals surface area contributed by atoms with Gasteiger partial charge in [-0.3, -0.25) is 0 Å². The summed E-state index contributed by atoms with van der Waals surface area (Å²) in [6.45, 7) is 1.87. The molecule has 0 aliphatic heterocycles. The van der Waals surface area contributed by atoms with Crippen LogP contribution in [-0.2, 0) is 0 Å². The van der Waals surface area contributed by atoms with E-state index in [4.69, 9.17) is 5.73 Å². The molecule has 0 amide bonds. The number of aryl methyl sites for hydroxylation is 1. The highest BCUT2D eigenvalue weighted by Crippen LogP contribution is 2.04. The molecule has 54 valence electrons. The fourth-order valence-electron chi connectivity index (χ4n) is 0.720. The van der Waals surface area contributed by atoms with E-state index in [0.717, 1.165) is 11.5 Å². The third kappa shape index (κ3) is 1.34. The van der Waals surface area contributed by atoms with E-state index < -0.39 is 0 Å². The molecule has 0 radical (unpaired) electrons. The second kappa shape index (κ2) is 2.51. The van der Waals surface area contributed by atoms with Gasteiger partial charge in [0.2, 0.25) is 5.95 Å². The molecule has 10 heavy (non-hydrogen) atoms. The maximum absolute atomic E-state index is 5.37. The lowest BCUT2D eigenvalue weighted by molar-refractivity contribution is 1.11. The van der Waals surface area contributed by atoms with Gasteiger partial charge in [0.05, 0.1) is 0 Å². The summed E-state index contributed by atoms with van der Waals surface area (Å²) in [6.07, 6.45) is 0. The zero-order chi connectivity index (χ0) is 7.56. The van der Waals surface area contributed by atoms with E-state index in [1.54, 1.807) is 7.05 Å². The molecule has 1 aromatic heterocycles. The van der Waals surface area contributed by atoms with Gasteiger partial charge in [-0.1, -0.05) is 0 Å². The van der Waals surface area contributed by atoms with Gasteiger partial charge in [0, 0.05) is 18.8 Å². The Labute approximate surface area is 59.5 Å². The molecule has 0 atom stereocenters. The van der Waals surface area contributed by atoms with Crippen molar-refractivity contribution in [3.05, 3.63) is 11.8 Å². The number of nitrogens with zero attached hydrogens (tertiary/aromatic N) is 2. The highest BCUT2D eigenvalue weighted by Gasteiger charge is 1.94. The number of hydrogen-bond acceptors (Lipinski definition) is 4. The monoisotopic (exact) mass is 138 g/mol. The smallest absolute Gasteiger partial charge is 0.222 e. The van der Waals surface area contributed by atoms with E-state index in [1.807, 2.05) is 13.0 Å². The molecule has 0 unspecified atom stereocenters. The average Bonchev–Trinajstić information content (AvgIpc) is 1.85. The number of nitrogen functional groups attached to an aromatic ring is 1. The molecule has 1 rings (SSSR count). The Morgan fingerprint density at radius 2 is 2.20 bits per heavy atom.